The fraction of sp³-hybridized carbons (Fsp3) is 0.667. The van der Waals surface area contributed by atoms with E-state index in [1.54, 1.807) is 0 Å². The quantitative estimate of drug-likeness (QED) is 0.821. The van der Waals surface area contributed by atoms with Crippen LogP contribution in [0, 0.1) is 10.8 Å². The number of rotatable bonds is 4. The Morgan fingerprint density at radius 2 is 1.37 bits per heavy atom. The standard InChI is InChI=1S/C18H31N/c1-14(18(5,6)7)19-13-16-10-8-15(9-11-16)12-17(2,3)4/h8-11,14,19H,12-13H2,1-7H3. The van der Waals surface area contributed by atoms with Crippen LogP contribution in [0.3, 0.4) is 0 Å². The van der Waals surface area contributed by atoms with Crippen molar-refractivity contribution in [2.75, 3.05) is 0 Å². The molecule has 0 saturated carbocycles. The van der Waals surface area contributed by atoms with E-state index in [2.05, 4.69) is 78.0 Å². The van der Waals surface area contributed by atoms with Gasteiger partial charge in [-0.2, -0.15) is 0 Å². The second kappa shape index (κ2) is 6.09. The third-order valence-corrected chi connectivity index (χ3v) is 3.67. The molecule has 1 unspecified atom stereocenters. The van der Waals surface area contributed by atoms with Crippen molar-refractivity contribution < 1.29 is 0 Å². The van der Waals surface area contributed by atoms with Crippen LogP contribution in [0.5, 0.6) is 0 Å². The van der Waals surface area contributed by atoms with Crippen molar-refractivity contribution >= 4 is 0 Å². The van der Waals surface area contributed by atoms with Crippen molar-refractivity contribution in [3.05, 3.63) is 35.4 Å². The third kappa shape index (κ3) is 6.24. The first-order valence-corrected chi connectivity index (χ1v) is 7.39. The predicted molar refractivity (Wildman–Crippen MR) is 85.4 cm³/mol. The summed E-state index contributed by atoms with van der Waals surface area (Å²) in [7, 11) is 0. The highest BCUT2D eigenvalue weighted by atomic mass is 14.9. The Morgan fingerprint density at radius 3 is 1.79 bits per heavy atom. The van der Waals surface area contributed by atoms with Gasteiger partial charge in [0.25, 0.3) is 0 Å². The van der Waals surface area contributed by atoms with Gasteiger partial charge in [0.15, 0.2) is 0 Å². The largest absolute Gasteiger partial charge is 0.310 e. The Morgan fingerprint density at radius 1 is 0.895 bits per heavy atom. The zero-order chi connectivity index (χ0) is 14.7. The van der Waals surface area contributed by atoms with Gasteiger partial charge in [0.1, 0.15) is 0 Å². The van der Waals surface area contributed by atoms with Crippen LogP contribution in [0.25, 0.3) is 0 Å². The fourth-order valence-electron chi connectivity index (χ4n) is 1.96. The number of hydrogen-bond donors (Lipinski definition) is 1. The Bertz CT molecular complexity index is 376. The monoisotopic (exact) mass is 261 g/mol. The lowest BCUT2D eigenvalue weighted by molar-refractivity contribution is 0.285. The van der Waals surface area contributed by atoms with Gasteiger partial charge in [-0.25, -0.2) is 0 Å². The van der Waals surface area contributed by atoms with Gasteiger partial charge < -0.3 is 5.32 Å². The highest BCUT2D eigenvalue weighted by molar-refractivity contribution is 5.23. The molecule has 19 heavy (non-hydrogen) atoms. The van der Waals surface area contributed by atoms with Crippen LogP contribution in [0.2, 0.25) is 0 Å². The van der Waals surface area contributed by atoms with Crippen molar-refractivity contribution in [2.24, 2.45) is 10.8 Å². The van der Waals surface area contributed by atoms with E-state index in [0.717, 1.165) is 13.0 Å². The minimum Gasteiger partial charge on any atom is -0.310 e. The van der Waals surface area contributed by atoms with Gasteiger partial charge in [0.2, 0.25) is 0 Å². The van der Waals surface area contributed by atoms with E-state index in [4.69, 9.17) is 0 Å². The molecule has 0 fully saturated rings. The maximum atomic E-state index is 3.61. The van der Waals surface area contributed by atoms with E-state index in [1.807, 2.05) is 0 Å². The zero-order valence-corrected chi connectivity index (χ0v) is 13.8. The molecule has 0 saturated heterocycles. The van der Waals surface area contributed by atoms with Crippen LogP contribution in [0.15, 0.2) is 24.3 Å². The van der Waals surface area contributed by atoms with Gasteiger partial charge >= 0.3 is 0 Å². The van der Waals surface area contributed by atoms with Crippen molar-refractivity contribution in [2.45, 2.75) is 67.5 Å². The molecular weight excluding hydrogens is 230 g/mol. The molecule has 0 radical (unpaired) electrons. The average molecular weight is 261 g/mol. The second-order valence-electron chi connectivity index (χ2n) is 8.02. The minimum atomic E-state index is 0.312. The molecule has 0 aliphatic heterocycles. The van der Waals surface area contributed by atoms with Gasteiger partial charge in [0.05, 0.1) is 0 Å². The molecule has 0 aliphatic rings. The predicted octanol–water partition coefficient (Wildman–Crippen LogP) is 4.80. The molecule has 1 rings (SSSR count). The van der Waals surface area contributed by atoms with Crippen molar-refractivity contribution in [1.29, 1.82) is 0 Å². The van der Waals surface area contributed by atoms with E-state index in [1.165, 1.54) is 11.1 Å². The number of hydrogen-bond acceptors (Lipinski definition) is 1. The van der Waals surface area contributed by atoms with Crippen LogP contribution >= 0.6 is 0 Å². The van der Waals surface area contributed by atoms with E-state index in [0.29, 0.717) is 16.9 Å². The summed E-state index contributed by atoms with van der Waals surface area (Å²) in [5.74, 6) is 0. The maximum absolute atomic E-state index is 3.61. The van der Waals surface area contributed by atoms with Crippen LogP contribution in [-0.2, 0) is 13.0 Å². The molecule has 1 aromatic rings. The lowest BCUT2D eigenvalue weighted by atomic mass is 9.87. The summed E-state index contributed by atoms with van der Waals surface area (Å²) < 4.78 is 0. The Kier molecular flexibility index (Phi) is 5.20. The smallest absolute Gasteiger partial charge is 0.0208 e. The molecule has 1 N–H and O–H groups in total. The first-order valence-electron chi connectivity index (χ1n) is 7.39. The summed E-state index contributed by atoms with van der Waals surface area (Å²) >= 11 is 0. The summed E-state index contributed by atoms with van der Waals surface area (Å²) in [6.45, 7) is 16.9. The molecule has 1 heteroatoms. The summed E-state index contributed by atoms with van der Waals surface area (Å²) in [4.78, 5) is 0. The number of benzene rings is 1. The first-order chi connectivity index (χ1) is 8.58. The molecule has 0 heterocycles. The Balaban J connectivity index is 2.54. The van der Waals surface area contributed by atoms with Gasteiger partial charge in [-0.05, 0) is 35.3 Å². The van der Waals surface area contributed by atoms with Crippen molar-refractivity contribution in [3.8, 4) is 0 Å². The molecule has 1 aromatic carbocycles. The summed E-state index contributed by atoms with van der Waals surface area (Å²) in [5.41, 5.74) is 3.47. The molecule has 0 bridgehead atoms. The molecule has 0 spiro atoms. The average Bonchev–Trinajstić information content (AvgIpc) is 2.24. The van der Waals surface area contributed by atoms with Crippen molar-refractivity contribution in [1.82, 2.24) is 5.32 Å². The first kappa shape index (κ1) is 16.2. The van der Waals surface area contributed by atoms with Gasteiger partial charge in [-0.3, -0.25) is 0 Å². The van der Waals surface area contributed by atoms with Crippen molar-refractivity contribution in [3.63, 3.8) is 0 Å². The molecule has 0 aromatic heterocycles. The van der Waals surface area contributed by atoms with Crippen LogP contribution < -0.4 is 5.32 Å². The lowest BCUT2D eigenvalue weighted by Crippen LogP contribution is -2.37. The molecule has 1 nitrogen and oxygen atoms in total. The summed E-state index contributed by atoms with van der Waals surface area (Å²) in [6.07, 6.45) is 1.14. The molecule has 0 amide bonds. The van der Waals surface area contributed by atoms with Crippen LogP contribution in [0.4, 0.5) is 0 Å². The highest BCUT2D eigenvalue weighted by Gasteiger charge is 2.19. The van der Waals surface area contributed by atoms with Gasteiger partial charge in [-0.1, -0.05) is 65.8 Å². The second-order valence-corrected chi connectivity index (χ2v) is 8.02. The van der Waals surface area contributed by atoms with E-state index in [-0.39, 0.29) is 0 Å². The SMILES string of the molecule is CC(NCc1ccc(CC(C)(C)C)cc1)C(C)(C)C. The maximum Gasteiger partial charge on any atom is 0.0208 e. The molecule has 1 atom stereocenters. The molecule has 108 valence electrons. The van der Waals surface area contributed by atoms with E-state index >= 15 is 0 Å². The Labute approximate surface area is 119 Å². The normalized spacial score (nSPS) is 14.5. The summed E-state index contributed by atoms with van der Waals surface area (Å²) in [5, 5.41) is 3.61. The Hall–Kier alpha value is -0.820. The topological polar surface area (TPSA) is 12.0 Å². The number of nitrogens with one attached hydrogen (secondary N) is 1. The zero-order valence-electron chi connectivity index (χ0n) is 13.8. The molecule has 0 aliphatic carbocycles. The van der Waals surface area contributed by atoms with Gasteiger partial charge in [-0.15, -0.1) is 0 Å². The van der Waals surface area contributed by atoms with Crippen LogP contribution in [-0.4, -0.2) is 6.04 Å². The van der Waals surface area contributed by atoms with Crippen LogP contribution in [0.1, 0.15) is 59.6 Å². The lowest BCUT2D eigenvalue weighted by Gasteiger charge is -2.28. The fourth-order valence-corrected chi connectivity index (χ4v) is 1.96. The molecular formula is C18H31N. The summed E-state index contributed by atoms with van der Waals surface area (Å²) in [6, 6.07) is 9.56. The minimum absolute atomic E-state index is 0.312. The highest BCUT2D eigenvalue weighted by Crippen LogP contribution is 2.21. The van der Waals surface area contributed by atoms with E-state index in [9.17, 15) is 0 Å². The van der Waals surface area contributed by atoms with E-state index < -0.39 is 0 Å². The third-order valence-electron chi connectivity index (χ3n) is 3.67. The van der Waals surface area contributed by atoms with Gasteiger partial charge in [0, 0.05) is 12.6 Å².